The molecule has 77 heavy (non-hydrogen) atoms. The van der Waals surface area contributed by atoms with Gasteiger partial charge in [0.05, 0.1) is 17.0 Å². The molecule has 0 radical (unpaired) electrons. The number of carboxylic acids is 1. The fraction of sp³-hybridized carbons (Fsp3) is 0.455. The van der Waals surface area contributed by atoms with E-state index in [0.717, 1.165) is 69.6 Å². The molecule has 2 aliphatic rings. The van der Waals surface area contributed by atoms with Gasteiger partial charge in [0.1, 0.15) is 44.5 Å². The Morgan fingerprint density at radius 2 is 1.04 bits per heavy atom. The summed E-state index contributed by atoms with van der Waals surface area (Å²) in [6.45, 7) is 19.8. The molecule has 22 heteroatoms. The second-order valence-corrected chi connectivity index (χ2v) is 22.0. The summed E-state index contributed by atoms with van der Waals surface area (Å²) in [5.74, 6) is 0.0659. The minimum absolute atomic E-state index is 0.0229. The summed E-state index contributed by atoms with van der Waals surface area (Å²) >= 11 is 2.66. The van der Waals surface area contributed by atoms with Crippen LogP contribution in [0.1, 0.15) is 132 Å². The lowest BCUT2D eigenvalue weighted by molar-refractivity contribution is 0.0695. The first-order valence-corrected chi connectivity index (χ1v) is 27.6. The number of rotatable bonds is 14. The van der Waals surface area contributed by atoms with Gasteiger partial charge in [-0.05, 0) is 112 Å². The topological polar surface area (TPSA) is 212 Å². The van der Waals surface area contributed by atoms with E-state index in [1.54, 1.807) is 44.4 Å². The van der Waals surface area contributed by atoms with Crippen LogP contribution in [0.15, 0.2) is 69.7 Å². The number of nitrogens with zero attached hydrogens (tertiary/aromatic N) is 11. The van der Waals surface area contributed by atoms with Crippen LogP contribution in [0, 0.1) is 23.5 Å². The lowest BCUT2D eigenvalue weighted by Gasteiger charge is -2.33. The lowest BCUT2D eigenvalue weighted by atomic mass is 9.92. The molecule has 0 spiro atoms. The molecule has 0 aliphatic carbocycles. The monoisotopic (exact) mass is 1090 g/mol. The third-order valence-corrected chi connectivity index (χ3v) is 15.0. The van der Waals surface area contributed by atoms with Crippen molar-refractivity contribution in [2.75, 3.05) is 50.1 Å². The number of aromatic carboxylic acids is 1. The van der Waals surface area contributed by atoms with Gasteiger partial charge in [-0.1, -0.05) is 81.0 Å². The van der Waals surface area contributed by atoms with E-state index in [1.807, 2.05) is 40.7 Å². The van der Waals surface area contributed by atoms with Gasteiger partial charge in [-0.3, -0.25) is 4.79 Å². The molecule has 408 valence electrons. The Hall–Kier alpha value is -7.20. The SMILES string of the molecule is CC(C)c1noc(N2CCC(C(C)Oc3nc4ccc(-c5ccc(C(=O)N(C)C)cc5F)nc4s3)CC2)n1.CC(C)c1noc(N2CCC(C(C)Oc3nc4ccc(-c5ccc(C(=O)O)cc5F)nc4s3)CC2)n1.CCC. The summed E-state index contributed by atoms with van der Waals surface area (Å²) in [4.78, 5) is 57.5. The van der Waals surface area contributed by atoms with Crippen molar-refractivity contribution in [2.24, 2.45) is 11.8 Å². The van der Waals surface area contributed by atoms with Gasteiger partial charge in [0.25, 0.3) is 16.3 Å². The van der Waals surface area contributed by atoms with Crippen LogP contribution in [-0.2, 0) is 0 Å². The van der Waals surface area contributed by atoms with Crippen molar-refractivity contribution in [3.63, 3.8) is 0 Å². The molecule has 0 bridgehead atoms. The van der Waals surface area contributed by atoms with Crippen LogP contribution in [0.3, 0.4) is 0 Å². The van der Waals surface area contributed by atoms with Crippen LogP contribution >= 0.6 is 22.7 Å². The number of carbonyl (C=O) groups is 2. The molecule has 8 heterocycles. The second-order valence-electron chi connectivity index (χ2n) is 20.1. The van der Waals surface area contributed by atoms with E-state index in [-0.39, 0.29) is 41.1 Å². The lowest BCUT2D eigenvalue weighted by Crippen LogP contribution is -2.38. The number of anilines is 2. The maximum Gasteiger partial charge on any atom is 0.335 e. The molecule has 1 N–H and O–H groups in total. The summed E-state index contributed by atoms with van der Waals surface area (Å²) < 4.78 is 52.6. The number of carbonyl (C=O) groups excluding carboxylic acids is 1. The summed E-state index contributed by atoms with van der Waals surface area (Å²) in [6.07, 6.45) is 4.94. The first kappa shape index (κ1) is 56.0. The Morgan fingerprint density at radius 3 is 1.40 bits per heavy atom. The van der Waals surface area contributed by atoms with E-state index in [1.165, 1.54) is 52.2 Å². The maximum atomic E-state index is 14.9. The van der Waals surface area contributed by atoms with Gasteiger partial charge < -0.3 is 38.3 Å². The number of fused-ring (bicyclic) bond motifs is 2. The zero-order valence-electron chi connectivity index (χ0n) is 45.0. The van der Waals surface area contributed by atoms with E-state index in [4.69, 9.17) is 23.6 Å². The predicted molar refractivity (Wildman–Crippen MR) is 293 cm³/mol. The van der Waals surface area contributed by atoms with Crippen molar-refractivity contribution in [1.29, 1.82) is 0 Å². The van der Waals surface area contributed by atoms with Gasteiger partial charge in [-0.25, -0.2) is 33.5 Å². The number of hydrogen-bond acceptors (Lipinski definition) is 18. The normalized spacial score (nSPS) is 15.0. The molecule has 2 aliphatic heterocycles. The molecule has 6 aromatic heterocycles. The minimum Gasteiger partial charge on any atom is -0.478 e. The molecule has 2 atom stereocenters. The molecule has 2 fully saturated rings. The number of amides is 1. The standard InChI is InChI=1S/C27H31FN6O3S.C25H26FN5O4S.C3H8/c1-15(2)23-31-26(37-32-23)34-12-10-17(11-13-34)16(3)36-27-30-22-9-8-21(29-24(22)38-27)19-7-6-18(14-20(19)28)25(35)33(4)5;1-13(2)21-29-24(35-30-21)31-10-8-15(9-11-31)14(3)34-25-28-20-7-6-19(27-22(20)36-25)17-5-4-16(23(32)33)12-18(17)26;1-3-2/h6-9,14-17H,10-13H2,1-5H3;4-7,12-15H,8-11H2,1-3H3,(H,32,33);3H2,1-2H3. The first-order valence-electron chi connectivity index (χ1n) is 26.0. The van der Waals surface area contributed by atoms with Crippen molar-refractivity contribution in [1.82, 2.24) is 45.1 Å². The van der Waals surface area contributed by atoms with Crippen LogP contribution in [0.2, 0.25) is 0 Å². The molecule has 1 amide bonds. The predicted octanol–water partition coefficient (Wildman–Crippen LogP) is 12.2. The quantitative estimate of drug-likeness (QED) is 0.107. The smallest absolute Gasteiger partial charge is 0.335 e. The number of carboxylic acid groups (broad SMARTS) is 1. The molecule has 8 aromatic rings. The number of benzene rings is 2. The highest BCUT2D eigenvalue weighted by Gasteiger charge is 2.30. The molecule has 0 saturated carbocycles. The average Bonchev–Trinajstić information content (AvgIpc) is 4.26. The van der Waals surface area contributed by atoms with Crippen molar-refractivity contribution < 1.29 is 42.0 Å². The largest absolute Gasteiger partial charge is 0.478 e. The van der Waals surface area contributed by atoms with Gasteiger partial charge in [0.15, 0.2) is 11.6 Å². The Morgan fingerprint density at radius 1 is 0.636 bits per heavy atom. The average molecular weight is 1090 g/mol. The number of piperidine rings is 2. The van der Waals surface area contributed by atoms with E-state index >= 15 is 0 Å². The van der Waals surface area contributed by atoms with Crippen molar-refractivity contribution in [2.45, 2.75) is 112 Å². The molecule has 10 rings (SSSR count). The minimum atomic E-state index is -1.18. The van der Waals surface area contributed by atoms with Crippen molar-refractivity contribution in [3.8, 4) is 32.9 Å². The van der Waals surface area contributed by atoms with E-state index < -0.39 is 17.6 Å². The third kappa shape index (κ3) is 13.5. The fourth-order valence-electron chi connectivity index (χ4n) is 8.77. The van der Waals surface area contributed by atoms with Crippen molar-refractivity contribution >= 4 is 67.3 Å². The highest BCUT2D eigenvalue weighted by molar-refractivity contribution is 7.20. The summed E-state index contributed by atoms with van der Waals surface area (Å²) in [5.41, 5.74) is 3.02. The molecule has 2 aromatic carbocycles. The number of aromatic nitrogens is 8. The number of halogens is 2. The van der Waals surface area contributed by atoms with Crippen LogP contribution in [0.25, 0.3) is 43.2 Å². The fourth-order valence-corrected chi connectivity index (χ4v) is 10.5. The zero-order valence-corrected chi connectivity index (χ0v) is 46.6. The number of ether oxygens (including phenoxy) is 2. The molecular weight excluding hydrogens is 1030 g/mol. The van der Waals surface area contributed by atoms with Gasteiger partial charge in [-0.15, -0.1) is 0 Å². The molecular formula is C55H65F2N11O7S2. The summed E-state index contributed by atoms with van der Waals surface area (Å²) in [5, 5.41) is 18.2. The Kier molecular flexibility index (Phi) is 18.1. The Labute approximate surface area is 453 Å². The number of thiazole rings is 2. The summed E-state index contributed by atoms with van der Waals surface area (Å²) in [6, 6.07) is 16.4. The first-order chi connectivity index (χ1) is 36.9. The maximum absolute atomic E-state index is 14.9. The second kappa shape index (κ2) is 24.9. The van der Waals surface area contributed by atoms with E-state index in [2.05, 4.69) is 70.8 Å². The number of pyridine rings is 2. The summed E-state index contributed by atoms with van der Waals surface area (Å²) in [7, 11) is 3.27. The van der Waals surface area contributed by atoms with Gasteiger partial charge >= 0.3 is 18.0 Å². The van der Waals surface area contributed by atoms with Crippen LogP contribution < -0.4 is 19.3 Å². The van der Waals surface area contributed by atoms with Gasteiger partial charge in [0.2, 0.25) is 0 Å². The zero-order chi connectivity index (χ0) is 55.1. The Bertz CT molecular complexity index is 3290. The molecule has 18 nitrogen and oxygen atoms in total. The van der Waals surface area contributed by atoms with E-state index in [0.29, 0.717) is 77.5 Å². The molecule has 2 saturated heterocycles. The highest BCUT2D eigenvalue weighted by Crippen LogP contribution is 2.36. The molecule has 2 unspecified atom stereocenters. The number of hydrogen-bond donors (Lipinski definition) is 1. The Balaban J connectivity index is 0.000000194. The van der Waals surface area contributed by atoms with Crippen LogP contribution in [-0.4, -0.2) is 115 Å². The highest BCUT2D eigenvalue weighted by atomic mass is 32.1. The van der Waals surface area contributed by atoms with E-state index in [9.17, 15) is 18.4 Å². The van der Waals surface area contributed by atoms with Crippen LogP contribution in [0.4, 0.5) is 20.8 Å². The van der Waals surface area contributed by atoms with Gasteiger partial charge in [-0.2, -0.15) is 9.97 Å². The van der Waals surface area contributed by atoms with Crippen LogP contribution in [0.5, 0.6) is 10.4 Å². The van der Waals surface area contributed by atoms with Crippen molar-refractivity contribution in [3.05, 3.63) is 95.1 Å². The van der Waals surface area contributed by atoms with Gasteiger partial charge in [0, 0.05) is 68.8 Å². The third-order valence-electron chi connectivity index (χ3n) is 13.3.